The number of Topliss-reactive ketones (excluding diaryl/α,β-unsaturated/α-hetero) is 1. The van der Waals surface area contributed by atoms with Gasteiger partial charge in [-0.05, 0) is 47.9 Å². The Balaban J connectivity index is 1.72. The van der Waals surface area contributed by atoms with Gasteiger partial charge in [0.25, 0.3) is 5.91 Å². The molecule has 1 heterocycles. The second kappa shape index (κ2) is 7.86. The molecule has 0 spiro atoms. The summed E-state index contributed by atoms with van der Waals surface area (Å²) < 4.78 is 13.3. The molecule has 1 saturated carbocycles. The zero-order valence-corrected chi connectivity index (χ0v) is 18.4. The highest BCUT2D eigenvalue weighted by Crippen LogP contribution is 2.51. The number of hydrogen-bond acceptors (Lipinski definition) is 3. The van der Waals surface area contributed by atoms with Crippen LogP contribution in [0.1, 0.15) is 57.6 Å². The number of carbonyl (C=O) groups is 2. The van der Waals surface area contributed by atoms with E-state index in [4.69, 9.17) is 0 Å². The molecule has 4 nitrogen and oxygen atoms in total. The molecule has 2 aliphatic rings. The van der Waals surface area contributed by atoms with Gasteiger partial charge in [-0.25, -0.2) is 4.39 Å². The molecule has 5 heteroatoms. The van der Waals surface area contributed by atoms with E-state index in [1.54, 1.807) is 30.3 Å². The van der Waals surface area contributed by atoms with Gasteiger partial charge in [-0.2, -0.15) is 0 Å². The first kappa shape index (κ1) is 21.7. The Morgan fingerprint density at radius 3 is 2.48 bits per heavy atom. The summed E-state index contributed by atoms with van der Waals surface area (Å²) >= 11 is 0. The van der Waals surface area contributed by atoms with E-state index < -0.39 is 17.4 Å². The van der Waals surface area contributed by atoms with Gasteiger partial charge in [-0.1, -0.05) is 57.5 Å². The smallest absolute Gasteiger partial charge is 0.264 e. The minimum absolute atomic E-state index is 0.0320. The number of anilines is 1. The normalized spacial score (nSPS) is 26.3. The number of para-hydroxylation sites is 1. The average molecular weight is 424 g/mol. The zero-order chi connectivity index (χ0) is 22.4. The number of ketones is 1. The molecule has 3 unspecified atom stereocenters. The standard InChI is InChI=1S/C26H30FNO3/c1-4-25(2,3)18-11-14-23(29)21(15-18)26(31)20-7-5-6-8-22(20)28(24(26)30)16-17-9-12-19(27)13-10-17/h5-10,12-13,18,21,31H,4,11,14-16H2,1-3H3. The summed E-state index contributed by atoms with van der Waals surface area (Å²) in [5.74, 6) is -1.35. The summed E-state index contributed by atoms with van der Waals surface area (Å²) in [4.78, 5) is 28.2. The van der Waals surface area contributed by atoms with Crippen LogP contribution in [-0.4, -0.2) is 16.8 Å². The molecule has 164 valence electrons. The van der Waals surface area contributed by atoms with Crippen molar-refractivity contribution in [3.8, 4) is 0 Å². The maximum Gasteiger partial charge on any atom is 0.264 e. The number of aliphatic hydroxyl groups is 1. The van der Waals surface area contributed by atoms with Crippen LogP contribution < -0.4 is 4.90 Å². The zero-order valence-electron chi connectivity index (χ0n) is 18.4. The highest BCUT2D eigenvalue weighted by molar-refractivity contribution is 6.09. The SMILES string of the molecule is CCC(C)(C)C1CCC(=O)C(C2(O)C(=O)N(Cc3ccc(F)cc3)c3ccccc32)C1. The molecule has 3 atom stereocenters. The molecule has 1 fully saturated rings. The number of amides is 1. The fourth-order valence-electron chi connectivity index (χ4n) is 5.15. The number of benzene rings is 2. The van der Waals surface area contributed by atoms with Crippen molar-refractivity contribution in [3.05, 3.63) is 65.5 Å². The average Bonchev–Trinajstić information content (AvgIpc) is 2.98. The summed E-state index contributed by atoms with van der Waals surface area (Å²) in [7, 11) is 0. The van der Waals surface area contributed by atoms with Crippen LogP contribution in [0.5, 0.6) is 0 Å². The lowest BCUT2D eigenvalue weighted by molar-refractivity contribution is -0.155. The van der Waals surface area contributed by atoms with Crippen LogP contribution in [0.15, 0.2) is 48.5 Å². The van der Waals surface area contributed by atoms with Gasteiger partial charge in [0.15, 0.2) is 5.60 Å². The first-order valence-corrected chi connectivity index (χ1v) is 11.1. The molecule has 0 bridgehead atoms. The largest absolute Gasteiger partial charge is 0.375 e. The van der Waals surface area contributed by atoms with Crippen molar-refractivity contribution in [2.75, 3.05) is 4.90 Å². The molecule has 0 radical (unpaired) electrons. The van der Waals surface area contributed by atoms with Crippen LogP contribution in [0.25, 0.3) is 0 Å². The maximum absolute atomic E-state index is 13.7. The van der Waals surface area contributed by atoms with Gasteiger partial charge in [0.2, 0.25) is 0 Å². The first-order valence-electron chi connectivity index (χ1n) is 11.1. The van der Waals surface area contributed by atoms with Crippen LogP contribution in [0.2, 0.25) is 0 Å². The lowest BCUT2D eigenvalue weighted by Gasteiger charge is -2.42. The summed E-state index contributed by atoms with van der Waals surface area (Å²) in [6.07, 6.45) is 2.65. The molecule has 0 aromatic heterocycles. The summed E-state index contributed by atoms with van der Waals surface area (Å²) in [5, 5.41) is 11.9. The third-order valence-electron chi connectivity index (χ3n) is 7.60. The van der Waals surface area contributed by atoms with Crippen molar-refractivity contribution in [1.29, 1.82) is 0 Å². The molecular formula is C26H30FNO3. The summed E-state index contributed by atoms with van der Waals surface area (Å²) in [5.41, 5.74) is 0.0358. The highest BCUT2D eigenvalue weighted by atomic mass is 19.1. The number of carbonyl (C=O) groups excluding carboxylic acids is 2. The van der Waals surface area contributed by atoms with Gasteiger partial charge in [-0.15, -0.1) is 0 Å². The van der Waals surface area contributed by atoms with Gasteiger partial charge < -0.3 is 10.0 Å². The number of hydrogen-bond donors (Lipinski definition) is 1. The Morgan fingerprint density at radius 1 is 1.13 bits per heavy atom. The Hall–Kier alpha value is -2.53. The Kier molecular flexibility index (Phi) is 5.50. The molecule has 1 aliphatic heterocycles. The second-order valence-electron chi connectivity index (χ2n) is 9.63. The first-order chi connectivity index (χ1) is 14.7. The van der Waals surface area contributed by atoms with Gasteiger partial charge in [0, 0.05) is 12.0 Å². The number of rotatable bonds is 5. The van der Waals surface area contributed by atoms with Crippen LogP contribution in [0.3, 0.4) is 0 Å². The van der Waals surface area contributed by atoms with Crippen molar-refractivity contribution in [3.63, 3.8) is 0 Å². The molecule has 4 rings (SSSR count). The van der Waals surface area contributed by atoms with E-state index >= 15 is 0 Å². The van der Waals surface area contributed by atoms with Crippen molar-refractivity contribution in [2.24, 2.45) is 17.3 Å². The number of fused-ring (bicyclic) bond motifs is 1. The fraction of sp³-hybridized carbons (Fsp3) is 0.462. The van der Waals surface area contributed by atoms with E-state index in [0.717, 1.165) is 18.4 Å². The van der Waals surface area contributed by atoms with E-state index in [0.29, 0.717) is 24.1 Å². The third-order valence-corrected chi connectivity index (χ3v) is 7.60. The Morgan fingerprint density at radius 2 is 1.81 bits per heavy atom. The lowest BCUT2D eigenvalue weighted by Crippen LogP contribution is -2.51. The summed E-state index contributed by atoms with van der Waals surface area (Å²) in [6, 6.07) is 13.1. The van der Waals surface area contributed by atoms with E-state index in [-0.39, 0.29) is 29.5 Å². The van der Waals surface area contributed by atoms with Crippen molar-refractivity contribution >= 4 is 17.4 Å². The fourth-order valence-corrected chi connectivity index (χ4v) is 5.15. The molecule has 1 N–H and O–H groups in total. The quantitative estimate of drug-likeness (QED) is 0.738. The van der Waals surface area contributed by atoms with Crippen molar-refractivity contribution in [1.82, 2.24) is 0 Å². The summed E-state index contributed by atoms with van der Waals surface area (Å²) in [6.45, 7) is 6.74. The van der Waals surface area contributed by atoms with E-state index in [9.17, 15) is 19.1 Å². The monoisotopic (exact) mass is 423 g/mol. The van der Waals surface area contributed by atoms with Crippen LogP contribution in [0, 0.1) is 23.1 Å². The number of nitrogens with zero attached hydrogens (tertiary/aromatic N) is 1. The van der Waals surface area contributed by atoms with E-state index in [1.165, 1.54) is 17.0 Å². The highest BCUT2D eigenvalue weighted by Gasteiger charge is 2.58. The maximum atomic E-state index is 13.7. The molecule has 1 amide bonds. The number of halogens is 1. The topological polar surface area (TPSA) is 57.6 Å². The minimum atomic E-state index is -1.86. The lowest BCUT2D eigenvalue weighted by atomic mass is 9.62. The molecule has 0 saturated heterocycles. The Labute approximate surface area is 183 Å². The van der Waals surface area contributed by atoms with Gasteiger partial charge >= 0.3 is 0 Å². The van der Waals surface area contributed by atoms with Gasteiger partial charge in [0.05, 0.1) is 18.2 Å². The minimum Gasteiger partial charge on any atom is -0.375 e. The van der Waals surface area contributed by atoms with Crippen LogP contribution in [0.4, 0.5) is 10.1 Å². The molecular weight excluding hydrogens is 393 g/mol. The van der Waals surface area contributed by atoms with Crippen LogP contribution in [-0.2, 0) is 21.7 Å². The molecule has 2 aromatic rings. The van der Waals surface area contributed by atoms with Crippen molar-refractivity contribution < 1.29 is 19.1 Å². The van der Waals surface area contributed by atoms with Crippen molar-refractivity contribution in [2.45, 2.75) is 58.6 Å². The predicted molar refractivity (Wildman–Crippen MR) is 118 cm³/mol. The molecule has 1 aliphatic carbocycles. The van der Waals surface area contributed by atoms with Gasteiger partial charge in [-0.3, -0.25) is 9.59 Å². The predicted octanol–water partition coefficient (Wildman–Crippen LogP) is 4.98. The van der Waals surface area contributed by atoms with Gasteiger partial charge in [0.1, 0.15) is 11.6 Å². The molecule has 2 aromatic carbocycles. The Bertz CT molecular complexity index is 1000. The van der Waals surface area contributed by atoms with Crippen LogP contribution >= 0.6 is 0 Å². The molecule has 31 heavy (non-hydrogen) atoms. The second-order valence-corrected chi connectivity index (χ2v) is 9.63. The van der Waals surface area contributed by atoms with E-state index in [1.807, 2.05) is 6.07 Å². The van der Waals surface area contributed by atoms with E-state index in [2.05, 4.69) is 20.8 Å². The third kappa shape index (κ3) is 3.59.